The zero-order valence-corrected chi connectivity index (χ0v) is 7.29. The predicted octanol–water partition coefficient (Wildman–Crippen LogP) is 0.818. The van der Waals surface area contributed by atoms with Crippen molar-refractivity contribution >= 4 is 0 Å². The van der Waals surface area contributed by atoms with Gasteiger partial charge in [-0.25, -0.2) is 0 Å². The lowest BCUT2D eigenvalue weighted by atomic mass is 10.0. The summed E-state index contributed by atoms with van der Waals surface area (Å²) in [6.45, 7) is 1.21. The third-order valence-electron chi connectivity index (χ3n) is 3.15. The first-order valence-corrected chi connectivity index (χ1v) is 4.73. The normalized spacial score (nSPS) is 39.8. The summed E-state index contributed by atoms with van der Waals surface area (Å²) in [6, 6.07) is 1.16. The molecule has 11 heavy (non-hydrogen) atoms. The molecule has 0 aromatic heterocycles. The van der Waals surface area contributed by atoms with E-state index in [1.54, 1.807) is 0 Å². The minimum absolute atomic E-state index is 0.459. The average molecular weight is 154 g/mol. The van der Waals surface area contributed by atoms with Crippen molar-refractivity contribution in [3.05, 3.63) is 0 Å². The van der Waals surface area contributed by atoms with E-state index < -0.39 is 0 Å². The molecule has 2 aliphatic rings. The molecule has 1 heterocycles. The summed E-state index contributed by atoms with van der Waals surface area (Å²) in [4.78, 5) is 2.43. The molecule has 1 aliphatic carbocycles. The van der Waals surface area contributed by atoms with E-state index in [2.05, 4.69) is 11.9 Å². The van der Waals surface area contributed by atoms with Gasteiger partial charge in [-0.1, -0.05) is 12.8 Å². The van der Waals surface area contributed by atoms with Crippen molar-refractivity contribution in [3.8, 4) is 0 Å². The summed E-state index contributed by atoms with van der Waals surface area (Å²) in [5.41, 5.74) is 6.00. The highest BCUT2D eigenvalue weighted by Crippen LogP contribution is 2.36. The smallest absolute Gasteiger partial charge is 0.0247 e. The van der Waals surface area contributed by atoms with E-state index in [9.17, 15) is 0 Å². The van der Waals surface area contributed by atoms with Gasteiger partial charge in [0.1, 0.15) is 0 Å². The van der Waals surface area contributed by atoms with E-state index >= 15 is 0 Å². The van der Waals surface area contributed by atoms with Crippen molar-refractivity contribution in [2.24, 2.45) is 11.7 Å². The second kappa shape index (κ2) is 2.76. The summed E-state index contributed by atoms with van der Waals surface area (Å²) in [7, 11) is 2.21. The summed E-state index contributed by atoms with van der Waals surface area (Å²) >= 11 is 0. The molecule has 0 amide bonds. The topological polar surface area (TPSA) is 29.3 Å². The maximum atomic E-state index is 6.00. The Morgan fingerprint density at radius 2 is 2.09 bits per heavy atom. The highest BCUT2D eigenvalue weighted by atomic mass is 15.2. The Kier molecular flexibility index (Phi) is 1.90. The van der Waals surface area contributed by atoms with E-state index in [1.807, 2.05) is 0 Å². The van der Waals surface area contributed by atoms with Crippen molar-refractivity contribution < 1.29 is 0 Å². The molecule has 64 valence electrons. The number of likely N-dealkylation sites (N-methyl/N-ethyl adjacent to an activating group) is 1. The number of nitrogens with two attached hydrogens (primary N) is 1. The highest BCUT2D eigenvalue weighted by Gasteiger charge is 2.34. The van der Waals surface area contributed by atoms with Crippen LogP contribution in [0.25, 0.3) is 0 Å². The van der Waals surface area contributed by atoms with Crippen LogP contribution in [0.15, 0.2) is 0 Å². The maximum absolute atomic E-state index is 6.00. The van der Waals surface area contributed by atoms with Crippen molar-refractivity contribution in [2.45, 2.75) is 37.8 Å². The zero-order valence-electron chi connectivity index (χ0n) is 7.29. The molecule has 2 N–H and O–H groups in total. The van der Waals surface area contributed by atoms with Crippen molar-refractivity contribution in [3.63, 3.8) is 0 Å². The van der Waals surface area contributed by atoms with Crippen molar-refractivity contribution in [1.29, 1.82) is 0 Å². The molecule has 2 nitrogen and oxygen atoms in total. The van der Waals surface area contributed by atoms with Gasteiger partial charge < -0.3 is 10.6 Å². The molecule has 0 bridgehead atoms. The van der Waals surface area contributed by atoms with Crippen LogP contribution in [0.1, 0.15) is 25.7 Å². The molecular weight excluding hydrogens is 136 g/mol. The van der Waals surface area contributed by atoms with Crippen LogP contribution in [0.3, 0.4) is 0 Å². The van der Waals surface area contributed by atoms with E-state index in [4.69, 9.17) is 5.73 Å². The number of nitrogens with zero attached hydrogens (tertiary/aromatic N) is 1. The molecule has 2 rings (SSSR count). The number of rotatable bonds is 2. The molecular formula is C9H18N2. The molecule has 2 atom stereocenters. The first-order valence-electron chi connectivity index (χ1n) is 4.73. The van der Waals surface area contributed by atoms with Crippen LogP contribution in [-0.2, 0) is 0 Å². The van der Waals surface area contributed by atoms with Gasteiger partial charge in [-0.2, -0.15) is 0 Å². The van der Waals surface area contributed by atoms with E-state index in [0.717, 1.165) is 5.92 Å². The Bertz CT molecular complexity index is 132. The van der Waals surface area contributed by atoms with Crippen molar-refractivity contribution in [1.82, 2.24) is 4.90 Å². The van der Waals surface area contributed by atoms with Crippen LogP contribution in [0, 0.1) is 5.92 Å². The average Bonchev–Trinajstić information content (AvgIpc) is 2.73. The van der Waals surface area contributed by atoms with Gasteiger partial charge in [0.2, 0.25) is 0 Å². The van der Waals surface area contributed by atoms with Gasteiger partial charge >= 0.3 is 0 Å². The van der Waals surface area contributed by atoms with E-state index in [1.165, 1.54) is 32.2 Å². The minimum atomic E-state index is 0.459. The van der Waals surface area contributed by atoms with Crippen LogP contribution in [-0.4, -0.2) is 30.6 Å². The van der Waals surface area contributed by atoms with Gasteiger partial charge in [-0.05, 0) is 32.4 Å². The van der Waals surface area contributed by atoms with Crippen LogP contribution in [0.2, 0.25) is 0 Å². The highest BCUT2D eigenvalue weighted by molar-refractivity contribution is 4.91. The fraction of sp³-hybridized carbons (Fsp3) is 1.00. The minimum Gasteiger partial charge on any atom is -0.326 e. The standard InChI is InChI=1S/C9H18N2/c1-11-5-4-8(10)9(11)6-7-2-3-7/h7-9H,2-6,10H2,1H3. The number of hydrogen-bond acceptors (Lipinski definition) is 2. The molecule has 0 aromatic rings. The lowest BCUT2D eigenvalue weighted by molar-refractivity contribution is 0.273. The summed E-state index contributed by atoms with van der Waals surface area (Å²) < 4.78 is 0. The maximum Gasteiger partial charge on any atom is 0.0247 e. The Balaban J connectivity index is 1.87. The summed E-state index contributed by atoms with van der Waals surface area (Å²) in [5.74, 6) is 1.02. The predicted molar refractivity (Wildman–Crippen MR) is 46.4 cm³/mol. The fourth-order valence-corrected chi connectivity index (χ4v) is 2.09. The Morgan fingerprint density at radius 3 is 2.55 bits per heavy atom. The Morgan fingerprint density at radius 1 is 1.36 bits per heavy atom. The SMILES string of the molecule is CN1CCC(N)C1CC1CC1. The van der Waals surface area contributed by atoms with Gasteiger partial charge in [0.25, 0.3) is 0 Å². The molecule has 2 heteroatoms. The lowest BCUT2D eigenvalue weighted by Crippen LogP contribution is -2.37. The number of likely N-dealkylation sites (tertiary alicyclic amines) is 1. The quantitative estimate of drug-likeness (QED) is 0.638. The summed E-state index contributed by atoms with van der Waals surface area (Å²) in [6.07, 6.45) is 5.47. The molecule has 2 fully saturated rings. The lowest BCUT2D eigenvalue weighted by Gasteiger charge is -2.22. The molecule has 2 unspecified atom stereocenters. The fourth-order valence-electron chi connectivity index (χ4n) is 2.09. The van der Waals surface area contributed by atoms with Crippen LogP contribution < -0.4 is 5.73 Å². The second-order valence-corrected chi connectivity index (χ2v) is 4.18. The monoisotopic (exact) mass is 154 g/mol. The second-order valence-electron chi connectivity index (χ2n) is 4.18. The Labute approximate surface area is 68.7 Å². The van der Waals surface area contributed by atoms with Crippen molar-refractivity contribution in [2.75, 3.05) is 13.6 Å². The summed E-state index contributed by atoms with van der Waals surface area (Å²) in [5, 5.41) is 0. The molecule has 0 aromatic carbocycles. The van der Waals surface area contributed by atoms with Crippen LogP contribution in [0.4, 0.5) is 0 Å². The third kappa shape index (κ3) is 1.57. The molecule has 1 aliphatic heterocycles. The Hall–Kier alpha value is -0.0800. The molecule has 0 spiro atoms. The first kappa shape index (κ1) is 7.56. The van der Waals surface area contributed by atoms with Crippen LogP contribution >= 0.6 is 0 Å². The first-order chi connectivity index (χ1) is 5.27. The van der Waals surface area contributed by atoms with Gasteiger partial charge in [-0.15, -0.1) is 0 Å². The van der Waals surface area contributed by atoms with Gasteiger partial charge in [-0.3, -0.25) is 0 Å². The zero-order chi connectivity index (χ0) is 7.84. The third-order valence-corrected chi connectivity index (χ3v) is 3.15. The largest absolute Gasteiger partial charge is 0.326 e. The van der Waals surface area contributed by atoms with Gasteiger partial charge in [0.15, 0.2) is 0 Å². The van der Waals surface area contributed by atoms with Gasteiger partial charge in [0.05, 0.1) is 0 Å². The number of hydrogen-bond donors (Lipinski definition) is 1. The van der Waals surface area contributed by atoms with E-state index in [-0.39, 0.29) is 0 Å². The molecule has 0 radical (unpaired) electrons. The van der Waals surface area contributed by atoms with E-state index in [0.29, 0.717) is 12.1 Å². The molecule has 1 saturated carbocycles. The molecule has 1 saturated heterocycles. The van der Waals surface area contributed by atoms with Gasteiger partial charge in [0, 0.05) is 12.1 Å². The van der Waals surface area contributed by atoms with Crippen LogP contribution in [0.5, 0.6) is 0 Å².